The Hall–Kier alpha value is -3.42. The minimum Gasteiger partial charge on any atom is -0.370 e. The van der Waals surface area contributed by atoms with Gasteiger partial charge < -0.3 is 15.1 Å². The lowest BCUT2D eigenvalue weighted by molar-refractivity contribution is -0.130. The average Bonchev–Trinajstić information content (AvgIpc) is 3.03. The molecule has 3 heterocycles. The van der Waals surface area contributed by atoms with E-state index in [-0.39, 0.29) is 18.2 Å². The smallest absolute Gasteiger partial charge is 0.272 e. The first kappa shape index (κ1) is 18.9. The van der Waals surface area contributed by atoms with Crippen molar-refractivity contribution in [2.45, 2.75) is 12.8 Å². The standard InChI is InChI=1S/C21H24N6O2/c28-19(27-13-3-12-26(14-15-27)16-6-9-22-10-7-16)8-11-23-21(29)20-17-4-1-2-5-18(17)24-25-20/h1-2,4-7,9-10H,3,8,11-15H2,(H,23,29)(H,24,25). The van der Waals surface area contributed by atoms with Crippen molar-refractivity contribution in [1.29, 1.82) is 0 Å². The monoisotopic (exact) mass is 392 g/mol. The summed E-state index contributed by atoms with van der Waals surface area (Å²) in [6.45, 7) is 3.42. The number of aromatic nitrogens is 3. The maximum atomic E-state index is 12.6. The summed E-state index contributed by atoms with van der Waals surface area (Å²) in [7, 11) is 0. The van der Waals surface area contributed by atoms with E-state index in [0.717, 1.165) is 42.6 Å². The summed E-state index contributed by atoms with van der Waals surface area (Å²) in [4.78, 5) is 33.2. The molecule has 2 aromatic heterocycles. The first-order valence-electron chi connectivity index (χ1n) is 9.86. The molecular formula is C21H24N6O2. The van der Waals surface area contributed by atoms with E-state index < -0.39 is 0 Å². The number of H-pyrrole nitrogens is 1. The highest BCUT2D eigenvalue weighted by Gasteiger charge is 2.20. The Kier molecular flexibility index (Phi) is 5.69. The van der Waals surface area contributed by atoms with Crippen LogP contribution >= 0.6 is 0 Å². The summed E-state index contributed by atoms with van der Waals surface area (Å²) >= 11 is 0. The number of fused-ring (bicyclic) bond motifs is 1. The zero-order chi connectivity index (χ0) is 20.1. The summed E-state index contributed by atoms with van der Waals surface area (Å²) in [5, 5.41) is 10.5. The summed E-state index contributed by atoms with van der Waals surface area (Å²) in [6.07, 6.45) is 4.77. The van der Waals surface area contributed by atoms with Gasteiger partial charge in [-0.2, -0.15) is 5.10 Å². The van der Waals surface area contributed by atoms with E-state index in [1.165, 1.54) is 0 Å². The number of amides is 2. The molecule has 0 atom stereocenters. The van der Waals surface area contributed by atoms with Gasteiger partial charge in [0.05, 0.1) is 5.52 Å². The number of carbonyl (C=O) groups is 2. The van der Waals surface area contributed by atoms with E-state index in [2.05, 4.69) is 25.4 Å². The molecule has 8 heteroatoms. The van der Waals surface area contributed by atoms with Gasteiger partial charge in [0.1, 0.15) is 0 Å². The van der Waals surface area contributed by atoms with Crippen LogP contribution in [0, 0.1) is 0 Å². The molecule has 8 nitrogen and oxygen atoms in total. The SMILES string of the molecule is O=C(NCCC(=O)N1CCCN(c2ccncc2)CC1)c1n[nH]c2ccccc12. The summed E-state index contributed by atoms with van der Waals surface area (Å²) in [5.41, 5.74) is 2.31. The molecule has 1 aromatic carbocycles. The van der Waals surface area contributed by atoms with Crippen molar-refractivity contribution in [3.8, 4) is 0 Å². The predicted octanol–water partition coefficient (Wildman–Crippen LogP) is 1.82. The van der Waals surface area contributed by atoms with Crippen molar-refractivity contribution in [2.75, 3.05) is 37.6 Å². The molecule has 0 radical (unpaired) electrons. The number of carbonyl (C=O) groups excluding carboxylic acids is 2. The lowest BCUT2D eigenvalue weighted by Crippen LogP contribution is -2.37. The van der Waals surface area contributed by atoms with Crippen LogP contribution < -0.4 is 10.2 Å². The summed E-state index contributed by atoms with van der Waals surface area (Å²) in [5.74, 6) is -0.205. The van der Waals surface area contributed by atoms with Gasteiger partial charge in [0, 0.05) is 62.6 Å². The molecule has 1 aliphatic heterocycles. The number of aromatic amines is 1. The molecule has 0 unspecified atom stereocenters. The van der Waals surface area contributed by atoms with Gasteiger partial charge in [-0.05, 0) is 24.6 Å². The molecule has 1 saturated heterocycles. The number of para-hydroxylation sites is 1. The fourth-order valence-electron chi connectivity index (χ4n) is 3.64. The van der Waals surface area contributed by atoms with E-state index in [9.17, 15) is 9.59 Å². The fraction of sp³-hybridized carbons (Fsp3) is 0.333. The Morgan fingerprint density at radius 3 is 2.72 bits per heavy atom. The zero-order valence-electron chi connectivity index (χ0n) is 16.2. The minimum absolute atomic E-state index is 0.0637. The first-order valence-corrected chi connectivity index (χ1v) is 9.86. The maximum Gasteiger partial charge on any atom is 0.272 e. The van der Waals surface area contributed by atoms with Crippen LogP contribution in [0.5, 0.6) is 0 Å². The second kappa shape index (κ2) is 8.72. The van der Waals surface area contributed by atoms with Crippen LogP contribution in [0.25, 0.3) is 10.9 Å². The Morgan fingerprint density at radius 1 is 1.03 bits per heavy atom. The summed E-state index contributed by atoms with van der Waals surface area (Å²) in [6, 6.07) is 11.5. The van der Waals surface area contributed by atoms with Crippen molar-refractivity contribution in [3.63, 3.8) is 0 Å². The number of anilines is 1. The van der Waals surface area contributed by atoms with Crippen molar-refractivity contribution in [3.05, 3.63) is 54.5 Å². The molecule has 0 bridgehead atoms. The second-order valence-corrected chi connectivity index (χ2v) is 7.05. The highest BCUT2D eigenvalue weighted by molar-refractivity contribution is 6.04. The van der Waals surface area contributed by atoms with Crippen LogP contribution in [0.15, 0.2) is 48.8 Å². The number of nitrogens with one attached hydrogen (secondary N) is 2. The van der Waals surface area contributed by atoms with Crippen molar-refractivity contribution < 1.29 is 9.59 Å². The minimum atomic E-state index is -0.269. The van der Waals surface area contributed by atoms with Crippen LogP contribution in [0.2, 0.25) is 0 Å². The third kappa shape index (κ3) is 4.37. The molecule has 29 heavy (non-hydrogen) atoms. The number of pyridine rings is 1. The van der Waals surface area contributed by atoms with Crippen molar-refractivity contribution in [2.24, 2.45) is 0 Å². The molecule has 1 fully saturated rings. The molecule has 1 aliphatic rings. The van der Waals surface area contributed by atoms with E-state index in [0.29, 0.717) is 18.8 Å². The van der Waals surface area contributed by atoms with Gasteiger partial charge in [-0.3, -0.25) is 19.7 Å². The first-order chi connectivity index (χ1) is 14.2. The van der Waals surface area contributed by atoms with E-state index in [1.54, 1.807) is 12.4 Å². The molecule has 2 amide bonds. The summed E-state index contributed by atoms with van der Waals surface area (Å²) < 4.78 is 0. The number of rotatable bonds is 5. The van der Waals surface area contributed by atoms with Gasteiger partial charge in [-0.15, -0.1) is 0 Å². The van der Waals surface area contributed by atoms with Gasteiger partial charge in [0.2, 0.25) is 5.91 Å². The number of hydrogen-bond acceptors (Lipinski definition) is 5. The Morgan fingerprint density at radius 2 is 1.86 bits per heavy atom. The maximum absolute atomic E-state index is 12.6. The second-order valence-electron chi connectivity index (χ2n) is 7.05. The molecule has 4 rings (SSSR count). The highest BCUT2D eigenvalue weighted by atomic mass is 16.2. The van der Waals surface area contributed by atoms with Crippen molar-refractivity contribution >= 4 is 28.4 Å². The van der Waals surface area contributed by atoms with Gasteiger partial charge in [-0.1, -0.05) is 18.2 Å². The molecule has 150 valence electrons. The largest absolute Gasteiger partial charge is 0.370 e. The van der Waals surface area contributed by atoms with Gasteiger partial charge >= 0.3 is 0 Å². The molecule has 0 spiro atoms. The number of nitrogens with zero attached hydrogens (tertiary/aromatic N) is 4. The van der Waals surface area contributed by atoms with Crippen LogP contribution in [0.4, 0.5) is 5.69 Å². The van der Waals surface area contributed by atoms with Crippen LogP contribution in [-0.2, 0) is 4.79 Å². The van der Waals surface area contributed by atoms with Gasteiger partial charge in [-0.25, -0.2) is 0 Å². The molecule has 2 N–H and O–H groups in total. The Labute approximate surface area is 168 Å². The average molecular weight is 392 g/mol. The number of hydrogen-bond donors (Lipinski definition) is 2. The van der Waals surface area contributed by atoms with E-state index >= 15 is 0 Å². The molecule has 3 aromatic rings. The van der Waals surface area contributed by atoms with E-state index in [1.807, 2.05) is 41.3 Å². The van der Waals surface area contributed by atoms with Crippen LogP contribution in [0.3, 0.4) is 0 Å². The van der Waals surface area contributed by atoms with Crippen molar-refractivity contribution in [1.82, 2.24) is 25.4 Å². The quantitative estimate of drug-likeness (QED) is 0.691. The highest BCUT2D eigenvalue weighted by Crippen LogP contribution is 2.16. The molecule has 0 saturated carbocycles. The lowest BCUT2D eigenvalue weighted by atomic mass is 10.2. The zero-order valence-corrected chi connectivity index (χ0v) is 16.2. The molecular weight excluding hydrogens is 368 g/mol. The lowest BCUT2D eigenvalue weighted by Gasteiger charge is -2.23. The third-order valence-corrected chi connectivity index (χ3v) is 5.19. The fourth-order valence-corrected chi connectivity index (χ4v) is 3.64. The van der Waals surface area contributed by atoms with Crippen LogP contribution in [0.1, 0.15) is 23.3 Å². The third-order valence-electron chi connectivity index (χ3n) is 5.19. The normalized spacial score (nSPS) is 14.6. The Bertz CT molecular complexity index is 987. The topological polar surface area (TPSA) is 94.2 Å². The van der Waals surface area contributed by atoms with Gasteiger partial charge in [0.25, 0.3) is 5.91 Å². The van der Waals surface area contributed by atoms with Crippen LogP contribution in [-0.4, -0.2) is 64.6 Å². The number of benzene rings is 1. The van der Waals surface area contributed by atoms with E-state index in [4.69, 9.17) is 0 Å². The Balaban J connectivity index is 1.27. The predicted molar refractivity (Wildman–Crippen MR) is 111 cm³/mol. The molecule has 0 aliphatic carbocycles. The van der Waals surface area contributed by atoms with Gasteiger partial charge in [0.15, 0.2) is 5.69 Å².